The molecule has 1 amide bonds. The summed E-state index contributed by atoms with van der Waals surface area (Å²) in [5, 5.41) is 50.8. The maximum absolute atomic E-state index is 14.4. The number of ketones is 1. The Kier molecular flexibility index (Phi) is 26.0. The smallest absolute Gasteiger partial charge is 0.411 e. The van der Waals surface area contributed by atoms with Crippen LogP contribution < -0.4 is 30.3 Å². The lowest BCUT2D eigenvalue weighted by Gasteiger charge is -2.47. The molecule has 27 heteroatoms. The molecular weight excluding hydrogens is 1270 g/mol. The van der Waals surface area contributed by atoms with Gasteiger partial charge in [-0.25, -0.2) is 4.79 Å². The van der Waals surface area contributed by atoms with Crippen molar-refractivity contribution in [1.29, 1.82) is 0 Å². The quantitative estimate of drug-likeness (QED) is 0.0271. The molecule has 3 aliphatic carbocycles. The number of fused-ring (bicyclic) bond motifs is 2. The maximum Gasteiger partial charge on any atom is 0.411 e. The number of aliphatic hydroxyl groups excluding tert-OH is 4. The number of hydroxylamine groups is 1. The normalized spacial score (nSPS) is 35.3. The van der Waals surface area contributed by atoms with Crippen LogP contribution in [-0.2, 0) is 47.5 Å². The van der Waals surface area contributed by atoms with E-state index in [0.29, 0.717) is 39.0 Å². The lowest BCUT2D eigenvalue weighted by atomic mass is 9.78. The average molecular weight is 1350 g/mol. The van der Waals surface area contributed by atoms with Crippen molar-refractivity contribution >= 4 is 82.8 Å². The number of methoxy groups -OCH3 is 5. The number of alkyl carbamates (subject to hydrolysis) is 1. The van der Waals surface area contributed by atoms with Gasteiger partial charge in [0.25, 0.3) is 0 Å². The van der Waals surface area contributed by atoms with Crippen LogP contribution in [0.15, 0.2) is 35.1 Å². The Balaban J connectivity index is 1.11. The van der Waals surface area contributed by atoms with Crippen molar-refractivity contribution in [2.24, 2.45) is 11.8 Å². The Morgan fingerprint density at radius 3 is 2.27 bits per heavy atom. The second-order valence-electron chi connectivity index (χ2n) is 20.4. The maximum atomic E-state index is 14.4. The molecule has 0 aromatic heterocycles. The number of amides is 1. The molecule has 19 atom stereocenters. The van der Waals surface area contributed by atoms with Crippen molar-refractivity contribution in [3.8, 4) is 40.9 Å². The molecule has 7 N–H and O–H groups in total. The number of Topliss-reactive ketones (excluding diaryl/α,β-unsaturated/α-hetero) is 1. The Bertz CT molecular complexity index is 2660. The topological polar surface area (TPSA) is 279 Å². The minimum Gasteiger partial charge on any atom is -0.492 e. The van der Waals surface area contributed by atoms with E-state index in [1.807, 2.05) is 48.8 Å². The van der Waals surface area contributed by atoms with Crippen LogP contribution >= 0.6 is 65.8 Å². The summed E-state index contributed by atoms with van der Waals surface area (Å²) in [7, 11) is 11.7. The molecule has 1 aromatic carbocycles. The minimum absolute atomic E-state index is 0.00990. The van der Waals surface area contributed by atoms with Crippen LogP contribution in [0.25, 0.3) is 0 Å². The van der Waals surface area contributed by atoms with Crippen LogP contribution in [0, 0.1) is 46.0 Å². The van der Waals surface area contributed by atoms with Crippen molar-refractivity contribution in [1.82, 2.24) is 16.1 Å². The van der Waals surface area contributed by atoms with Gasteiger partial charge in [-0.2, -0.15) is 5.48 Å². The van der Waals surface area contributed by atoms with Crippen molar-refractivity contribution < 1.29 is 91.8 Å². The number of halogens is 1. The molecule has 18 unspecified atom stereocenters. The van der Waals surface area contributed by atoms with Crippen LogP contribution in [0.4, 0.5) is 4.79 Å². The van der Waals surface area contributed by atoms with Crippen molar-refractivity contribution in [2.75, 3.05) is 60.7 Å². The molecule has 2 bridgehead atoms. The second kappa shape index (κ2) is 31.9. The summed E-state index contributed by atoms with van der Waals surface area (Å²) in [6.45, 7) is 9.88. The molecule has 7 rings (SSSR count). The van der Waals surface area contributed by atoms with E-state index in [0.717, 1.165) is 11.8 Å². The largest absolute Gasteiger partial charge is 0.492 e. The third kappa shape index (κ3) is 16.1. The Morgan fingerprint density at radius 1 is 0.867 bits per heavy atom. The van der Waals surface area contributed by atoms with Gasteiger partial charge >= 0.3 is 6.09 Å². The van der Waals surface area contributed by atoms with E-state index in [2.05, 4.69) is 39.8 Å². The van der Waals surface area contributed by atoms with Gasteiger partial charge in [0.2, 0.25) is 17.2 Å². The van der Waals surface area contributed by atoms with Gasteiger partial charge in [-0.1, -0.05) is 77.0 Å². The molecule has 1 saturated carbocycles. The Labute approximate surface area is 514 Å². The Hall–Kier alpha value is -2.86. The van der Waals surface area contributed by atoms with Crippen LogP contribution in [-0.4, -0.2) is 201 Å². The van der Waals surface area contributed by atoms with E-state index in [4.69, 9.17) is 56.9 Å². The monoisotopic (exact) mass is 1350 g/mol. The van der Waals surface area contributed by atoms with Gasteiger partial charge in [-0.3, -0.25) is 19.7 Å². The predicted octanol–water partition coefficient (Wildman–Crippen LogP) is 4.75. The van der Waals surface area contributed by atoms with Crippen LogP contribution in [0.1, 0.15) is 69.3 Å². The van der Waals surface area contributed by atoms with Crippen LogP contribution in [0.2, 0.25) is 0 Å². The third-order valence-corrected chi connectivity index (χ3v) is 21.6. The molecule has 1 aromatic rings. The number of carbonyl (C=O) groups excluding carboxylic acids is 3. The first-order valence-corrected chi connectivity index (χ1v) is 33.2. The molecule has 3 saturated heterocycles. The minimum atomic E-state index is -1.39. The zero-order valence-electron chi connectivity index (χ0n) is 48.1. The molecule has 460 valence electrons. The van der Waals surface area contributed by atoms with E-state index < -0.39 is 114 Å². The highest BCUT2D eigenvalue weighted by Gasteiger charge is 2.50. The van der Waals surface area contributed by atoms with Crippen molar-refractivity contribution in [3.63, 3.8) is 0 Å². The molecular formula is C56H76IN3O19S4. The lowest BCUT2D eigenvalue weighted by molar-refractivity contribution is -0.280. The molecule has 3 heterocycles. The molecule has 0 spiro atoms. The number of aliphatic hydroxyl groups is 4. The van der Waals surface area contributed by atoms with E-state index in [1.165, 1.54) is 28.4 Å². The van der Waals surface area contributed by atoms with E-state index >= 15 is 0 Å². The zero-order valence-corrected chi connectivity index (χ0v) is 53.5. The number of nitrogens with one attached hydrogen (secondary N) is 3. The summed E-state index contributed by atoms with van der Waals surface area (Å²) in [5.74, 6) is 11.9. The highest BCUT2D eigenvalue weighted by atomic mass is 127. The summed E-state index contributed by atoms with van der Waals surface area (Å²) in [5.41, 5.74) is 4.63. The van der Waals surface area contributed by atoms with Crippen molar-refractivity contribution in [2.45, 2.75) is 164 Å². The average Bonchev–Trinajstić information content (AvgIpc) is 3.37. The molecule has 83 heavy (non-hydrogen) atoms. The molecule has 6 aliphatic rings. The predicted molar refractivity (Wildman–Crippen MR) is 321 cm³/mol. The lowest BCUT2D eigenvalue weighted by Crippen LogP contribution is -2.62. The Morgan fingerprint density at radius 2 is 1.60 bits per heavy atom. The standard InChI is InChI=1S/C56H76IN3O19S4/c1-12-58-32-25-73-38(24-36(32)68-6)77-48-37(76-35-18-16-14-13-15-17-30-22-33(61)44(59-56(67)72-10)41(35)31(30)19-20-81-83-80-11)21-26(2)43(46(48)64)60-79-39-23-34(62)53(29(5)74-39)82-54(66)40-27(3)42(57)50(52(71-9)49(40)69-7)78-55-47(65)51(70-8)45(63)28(4)75-55/h13-14,19,26,28-30,32,34-39,43,45-48,51,53,55,58,60,62-65H,12,20-25H2,1-11H3,(H,59,67)/b14-13-,31-19-/t26?,28?,29?,30?,32?,34?,35-,36?,37?,38?,39?,43?,45?,46?,47?,48?,51?,53?,55?/m0/s1. The number of thioether (sulfide) groups is 1. The first kappa shape index (κ1) is 67.6. The van der Waals surface area contributed by atoms with Gasteiger partial charge in [0.1, 0.15) is 36.6 Å². The van der Waals surface area contributed by atoms with Crippen molar-refractivity contribution in [3.05, 3.63) is 49.8 Å². The van der Waals surface area contributed by atoms with Crippen LogP contribution in [0.5, 0.6) is 17.2 Å². The summed E-state index contributed by atoms with van der Waals surface area (Å²) < 4.78 is 66.7. The van der Waals surface area contributed by atoms with E-state index in [9.17, 15) is 34.8 Å². The third-order valence-electron chi connectivity index (χ3n) is 15.2. The fourth-order valence-electron chi connectivity index (χ4n) is 10.9. The SMILES string of the molecule is CCNC1COC(OC2C(O[C@H]3C#C/C=C\C#CC4CC(=O)C(NC(=O)OC)=C3/C4=C\CSSSC)CC(C)C(NOC3CC(O)C(SC(=O)c4c(C)c(I)c(OC5OC(C)C(O)C(OC)C5O)c(OC)c4OC)C(C)O3)C2O)CC1OC. The molecule has 0 radical (unpaired) electrons. The van der Waals surface area contributed by atoms with Gasteiger partial charge in [-0.05, 0) is 102 Å². The number of benzene rings is 1. The zero-order chi connectivity index (χ0) is 60.2. The van der Waals surface area contributed by atoms with E-state index in [-0.39, 0.29) is 72.3 Å². The highest BCUT2D eigenvalue weighted by Crippen LogP contribution is 2.49. The molecule has 3 aliphatic heterocycles. The first-order chi connectivity index (χ1) is 39.8. The summed E-state index contributed by atoms with van der Waals surface area (Å²) >= 11 is 2.88. The number of hydrogen-bond donors (Lipinski definition) is 7. The number of ether oxygens (including phenoxy) is 11. The van der Waals surface area contributed by atoms with Gasteiger partial charge < -0.3 is 77.8 Å². The van der Waals surface area contributed by atoms with Crippen LogP contribution in [0.3, 0.4) is 0 Å². The number of rotatable bonds is 22. The molecule has 4 fully saturated rings. The molecule has 22 nitrogen and oxygen atoms in total. The van der Waals surface area contributed by atoms with Gasteiger partial charge in [0.15, 0.2) is 29.9 Å². The first-order valence-electron chi connectivity index (χ1n) is 27.1. The number of hydrogen-bond acceptors (Lipinski definition) is 25. The summed E-state index contributed by atoms with van der Waals surface area (Å²) in [6, 6.07) is -0.940. The summed E-state index contributed by atoms with van der Waals surface area (Å²) in [4.78, 5) is 47.6. The highest BCUT2D eigenvalue weighted by molar-refractivity contribution is 14.1. The number of likely N-dealkylation sites (N-methyl/N-ethyl adjacent to an activating group) is 1. The van der Waals surface area contributed by atoms with E-state index in [1.54, 1.807) is 71.4 Å². The fourth-order valence-corrected chi connectivity index (χ4v) is 15.1. The fraction of sp³-hybridized carbons (Fsp3) is 0.661. The van der Waals surface area contributed by atoms with Gasteiger partial charge in [0.05, 0.1) is 96.5 Å². The number of carbonyl (C=O) groups is 3. The van der Waals surface area contributed by atoms with Gasteiger partial charge in [0, 0.05) is 44.8 Å². The van der Waals surface area contributed by atoms with Gasteiger partial charge in [-0.15, -0.1) is 0 Å². The summed E-state index contributed by atoms with van der Waals surface area (Å²) in [6.07, 6.45) is -7.39. The second-order valence-corrected chi connectivity index (χ2v) is 27.0. The number of allylic oxidation sites excluding steroid dienone is 3.